The lowest BCUT2D eigenvalue weighted by Crippen LogP contribution is -2.38. The monoisotopic (exact) mass is 691 g/mol. The van der Waals surface area contributed by atoms with E-state index < -0.39 is 5.41 Å². The Kier molecular flexibility index (Phi) is 5.82. The smallest absolute Gasteiger partial charge is 0.193 e. The highest BCUT2D eigenvalue weighted by molar-refractivity contribution is 6.38. The molecule has 54 heavy (non-hydrogen) atoms. The van der Waals surface area contributed by atoms with Gasteiger partial charge in [-0.3, -0.25) is 4.79 Å². The van der Waals surface area contributed by atoms with Gasteiger partial charge in [-0.1, -0.05) is 146 Å². The molecule has 8 aromatic carbocycles. The summed E-state index contributed by atoms with van der Waals surface area (Å²) in [5.74, 6) is 0.0132. The predicted octanol–water partition coefficient (Wildman–Crippen LogP) is 12.5. The van der Waals surface area contributed by atoms with Crippen molar-refractivity contribution >= 4 is 71.5 Å². The summed E-state index contributed by atoms with van der Waals surface area (Å²) in [5.41, 5.74) is 10.9. The summed E-state index contributed by atoms with van der Waals surface area (Å²) in [6.07, 6.45) is 0. The number of carbonyl (C=O) groups is 1. The Morgan fingerprint density at radius 3 is 1.69 bits per heavy atom. The number of para-hydroxylation sites is 3. The van der Waals surface area contributed by atoms with Crippen molar-refractivity contribution in [2.75, 3.05) is 0 Å². The first-order valence-corrected chi connectivity index (χ1v) is 18.3. The Morgan fingerprint density at radius 2 is 0.981 bits per heavy atom. The maximum atomic E-state index is 14.9. The maximum Gasteiger partial charge on any atom is 0.193 e. The normalized spacial score (nSPS) is 13.7. The number of hydrogen-bond donors (Lipinski definition) is 0. The van der Waals surface area contributed by atoms with Crippen LogP contribution in [0.4, 0.5) is 0 Å². The van der Waals surface area contributed by atoms with Gasteiger partial charge >= 0.3 is 0 Å². The molecule has 252 valence electrons. The zero-order valence-corrected chi connectivity index (χ0v) is 28.9. The molecule has 0 unspecified atom stereocenters. The van der Waals surface area contributed by atoms with Crippen molar-refractivity contribution in [3.8, 4) is 5.69 Å². The fourth-order valence-corrected chi connectivity index (χ4v) is 9.53. The van der Waals surface area contributed by atoms with Gasteiger partial charge in [-0.05, 0) is 52.6 Å². The second kappa shape index (κ2) is 10.7. The first-order valence-electron chi connectivity index (χ1n) is 18.3. The van der Waals surface area contributed by atoms with Crippen LogP contribution in [0, 0.1) is 0 Å². The molecular formula is C50H29NO3. The minimum atomic E-state index is -0.714. The Morgan fingerprint density at radius 1 is 0.444 bits per heavy atom. The van der Waals surface area contributed by atoms with Gasteiger partial charge < -0.3 is 13.4 Å². The Labute approximate surface area is 309 Å². The van der Waals surface area contributed by atoms with Crippen molar-refractivity contribution in [1.29, 1.82) is 0 Å². The molecule has 1 aliphatic rings. The zero-order valence-electron chi connectivity index (χ0n) is 28.9. The molecule has 3 heterocycles. The lowest BCUT2D eigenvalue weighted by atomic mass is 9.59. The van der Waals surface area contributed by atoms with Crippen LogP contribution in [0.15, 0.2) is 185 Å². The zero-order chi connectivity index (χ0) is 35.5. The van der Waals surface area contributed by atoms with E-state index in [2.05, 4.69) is 126 Å². The van der Waals surface area contributed by atoms with E-state index in [0.29, 0.717) is 11.1 Å². The van der Waals surface area contributed by atoms with Crippen LogP contribution in [-0.4, -0.2) is 10.4 Å². The van der Waals surface area contributed by atoms with Gasteiger partial charge in [-0.25, -0.2) is 0 Å². The van der Waals surface area contributed by atoms with Crippen LogP contribution < -0.4 is 0 Å². The van der Waals surface area contributed by atoms with Crippen molar-refractivity contribution in [2.45, 2.75) is 5.41 Å². The summed E-state index contributed by atoms with van der Waals surface area (Å²) in [5, 5.41) is 6.21. The molecule has 0 spiro atoms. The molecule has 0 N–H and O–H groups in total. The van der Waals surface area contributed by atoms with Crippen LogP contribution >= 0.6 is 0 Å². The average molecular weight is 692 g/mol. The van der Waals surface area contributed by atoms with Crippen molar-refractivity contribution < 1.29 is 13.6 Å². The Balaban J connectivity index is 1.24. The number of rotatable bonds is 3. The first-order chi connectivity index (χ1) is 26.7. The minimum Gasteiger partial charge on any atom is -0.455 e. The SMILES string of the molecule is O=C1c2ccccc2C(c2ccccc2)(c2ccccc2)c2ccc(-n3c4ccccc4c4c5oc6ccccc6c5c5c6ccccc6oc5c43)cc21. The van der Waals surface area contributed by atoms with Crippen LogP contribution in [0.25, 0.3) is 71.4 Å². The lowest BCUT2D eigenvalue weighted by molar-refractivity contribution is 0.103. The fourth-order valence-electron chi connectivity index (χ4n) is 9.53. The molecule has 3 aromatic heterocycles. The summed E-state index contributed by atoms with van der Waals surface area (Å²) in [6.45, 7) is 0. The second-order valence-electron chi connectivity index (χ2n) is 14.3. The molecular weight excluding hydrogens is 663 g/mol. The van der Waals surface area contributed by atoms with Gasteiger partial charge in [0.05, 0.1) is 16.3 Å². The van der Waals surface area contributed by atoms with Gasteiger partial charge in [0.25, 0.3) is 0 Å². The van der Waals surface area contributed by atoms with Crippen LogP contribution in [0.1, 0.15) is 38.2 Å². The van der Waals surface area contributed by atoms with E-state index in [4.69, 9.17) is 8.83 Å². The minimum absolute atomic E-state index is 0.0132. The van der Waals surface area contributed by atoms with Crippen LogP contribution in [0.3, 0.4) is 0 Å². The number of ketones is 1. The van der Waals surface area contributed by atoms with Crippen molar-refractivity contribution in [3.63, 3.8) is 0 Å². The predicted molar refractivity (Wildman–Crippen MR) is 217 cm³/mol. The number of nitrogens with zero attached hydrogens (tertiary/aromatic N) is 1. The van der Waals surface area contributed by atoms with E-state index in [-0.39, 0.29) is 5.78 Å². The largest absolute Gasteiger partial charge is 0.455 e. The van der Waals surface area contributed by atoms with Gasteiger partial charge in [0, 0.05) is 43.7 Å². The van der Waals surface area contributed by atoms with Crippen molar-refractivity contribution in [2.24, 2.45) is 0 Å². The van der Waals surface area contributed by atoms with Crippen LogP contribution in [0.2, 0.25) is 0 Å². The van der Waals surface area contributed by atoms with Crippen molar-refractivity contribution in [1.82, 2.24) is 4.57 Å². The summed E-state index contributed by atoms with van der Waals surface area (Å²) < 4.78 is 16.0. The molecule has 12 rings (SSSR count). The molecule has 0 amide bonds. The highest BCUT2D eigenvalue weighted by atomic mass is 16.3. The molecule has 0 fully saturated rings. The van der Waals surface area contributed by atoms with Crippen LogP contribution in [0.5, 0.6) is 0 Å². The second-order valence-corrected chi connectivity index (χ2v) is 14.3. The lowest BCUT2D eigenvalue weighted by Gasteiger charge is -2.41. The number of hydrogen-bond acceptors (Lipinski definition) is 3. The van der Waals surface area contributed by atoms with E-state index >= 15 is 0 Å². The van der Waals surface area contributed by atoms with Crippen molar-refractivity contribution in [3.05, 3.63) is 209 Å². The van der Waals surface area contributed by atoms with E-state index in [9.17, 15) is 4.79 Å². The molecule has 1 aliphatic carbocycles. The highest BCUT2D eigenvalue weighted by Gasteiger charge is 2.46. The van der Waals surface area contributed by atoms with E-state index in [1.807, 2.05) is 54.6 Å². The van der Waals surface area contributed by atoms with E-state index in [1.54, 1.807) is 0 Å². The summed E-state index contributed by atoms with van der Waals surface area (Å²) in [4.78, 5) is 14.9. The van der Waals surface area contributed by atoms with Gasteiger partial charge in [0.1, 0.15) is 22.3 Å². The number of carbonyl (C=O) groups excluding carboxylic acids is 1. The third-order valence-corrected chi connectivity index (χ3v) is 11.7. The van der Waals surface area contributed by atoms with Gasteiger partial charge in [-0.2, -0.15) is 0 Å². The Bertz CT molecular complexity index is 3310. The molecule has 0 radical (unpaired) electrons. The Hall–Kier alpha value is -7.17. The summed E-state index contributed by atoms with van der Waals surface area (Å²) in [7, 11) is 0. The van der Waals surface area contributed by atoms with Gasteiger partial charge in [0.2, 0.25) is 0 Å². The summed E-state index contributed by atoms with van der Waals surface area (Å²) >= 11 is 0. The molecule has 0 saturated carbocycles. The fraction of sp³-hybridized carbons (Fsp3) is 0.0200. The molecule has 11 aromatic rings. The molecule has 0 atom stereocenters. The molecule has 4 heteroatoms. The molecule has 4 nitrogen and oxygen atoms in total. The van der Waals surface area contributed by atoms with Crippen LogP contribution in [-0.2, 0) is 5.41 Å². The number of benzene rings is 8. The maximum absolute atomic E-state index is 14.9. The standard InChI is InChI=1S/C50H29NO3/c52-47-33-19-7-11-23-38(33)50(30-15-3-1-4-16-30,31-17-5-2-6-18-31)39-28-27-32(29-37(39)47)51-40-24-12-8-20-34(40)45-46(51)49-44(36-22-10-14-26-42(36)54-49)43-35-21-9-13-25-41(35)53-48(43)45/h1-29H. The van der Waals surface area contributed by atoms with Gasteiger partial charge in [-0.15, -0.1) is 0 Å². The number of furan rings is 2. The molecule has 0 bridgehead atoms. The average Bonchev–Trinajstić information content (AvgIpc) is 3.92. The number of aromatic nitrogens is 1. The summed E-state index contributed by atoms with van der Waals surface area (Å²) in [6, 6.07) is 60.6. The molecule has 0 aliphatic heterocycles. The third kappa shape index (κ3) is 3.64. The first kappa shape index (κ1) is 29.4. The number of fused-ring (bicyclic) bond motifs is 14. The van der Waals surface area contributed by atoms with Gasteiger partial charge in [0.15, 0.2) is 11.4 Å². The topological polar surface area (TPSA) is 48.3 Å². The van der Waals surface area contributed by atoms with E-state index in [1.165, 1.54) is 0 Å². The van der Waals surface area contributed by atoms with E-state index in [0.717, 1.165) is 93.6 Å². The quantitative estimate of drug-likeness (QED) is 0.185. The molecule has 0 saturated heterocycles. The third-order valence-electron chi connectivity index (χ3n) is 11.7. The highest BCUT2D eigenvalue weighted by Crippen LogP contribution is 2.52.